The van der Waals surface area contributed by atoms with Gasteiger partial charge in [0.25, 0.3) is 5.78 Å². The van der Waals surface area contributed by atoms with Gasteiger partial charge in [-0.2, -0.15) is 0 Å². The quantitative estimate of drug-likeness (QED) is 0.103. The first-order chi connectivity index (χ1) is 18.4. The number of anilines is 1. The molecule has 4 aromatic rings. The Bertz CT molecular complexity index is 1510. The number of carbonyl (C=O) groups is 2. The van der Waals surface area contributed by atoms with Crippen LogP contribution in [0.5, 0.6) is 11.5 Å². The van der Waals surface area contributed by atoms with Crippen LogP contribution in [0.4, 0.5) is 5.13 Å². The highest BCUT2D eigenvalue weighted by Gasteiger charge is 2.48. The van der Waals surface area contributed by atoms with Crippen molar-refractivity contribution in [3.8, 4) is 11.5 Å². The van der Waals surface area contributed by atoms with Gasteiger partial charge in [-0.25, -0.2) is 0 Å². The number of carbonyl (C=O) groups excluding carboxylic acids is 2. The molecule has 1 saturated heterocycles. The van der Waals surface area contributed by atoms with Crippen molar-refractivity contribution in [3.63, 3.8) is 0 Å². The van der Waals surface area contributed by atoms with Crippen LogP contribution in [0, 0.1) is 6.92 Å². The number of phenolic OH excluding ortho intramolecular Hbond substituents is 1. The van der Waals surface area contributed by atoms with Crippen molar-refractivity contribution in [2.24, 2.45) is 0 Å². The van der Waals surface area contributed by atoms with Crippen LogP contribution in [0.25, 0.3) is 5.76 Å². The van der Waals surface area contributed by atoms with Gasteiger partial charge >= 0.3 is 5.91 Å². The van der Waals surface area contributed by atoms with Crippen LogP contribution in [0.3, 0.4) is 0 Å². The second kappa shape index (κ2) is 10.7. The van der Waals surface area contributed by atoms with Crippen LogP contribution >= 0.6 is 23.1 Å². The molecule has 0 saturated carbocycles. The predicted octanol–water partition coefficient (Wildman–Crippen LogP) is 5.48. The van der Waals surface area contributed by atoms with Crippen molar-refractivity contribution in [1.82, 2.24) is 10.2 Å². The van der Waals surface area contributed by atoms with E-state index in [1.807, 2.05) is 31.2 Å². The number of rotatable bonds is 7. The number of amides is 1. The van der Waals surface area contributed by atoms with E-state index in [1.54, 1.807) is 36.4 Å². The Morgan fingerprint density at radius 2 is 1.68 bits per heavy atom. The third kappa shape index (κ3) is 5.00. The highest BCUT2D eigenvalue weighted by atomic mass is 32.2. The van der Waals surface area contributed by atoms with Crippen LogP contribution in [-0.4, -0.2) is 39.2 Å². The minimum absolute atomic E-state index is 0.0339. The van der Waals surface area contributed by atoms with Gasteiger partial charge in [-0.1, -0.05) is 65.1 Å². The molecule has 2 N–H and O–H groups in total. The first kappa shape index (κ1) is 25.5. The van der Waals surface area contributed by atoms with Gasteiger partial charge < -0.3 is 14.9 Å². The summed E-state index contributed by atoms with van der Waals surface area (Å²) >= 11 is 2.68. The highest BCUT2D eigenvalue weighted by Crippen LogP contribution is 2.44. The van der Waals surface area contributed by atoms with E-state index in [0.717, 1.165) is 5.56 Å². The van der Waals surface area contributed by atoms with Gasteiger partial charge in [-0.15, -0.1) is 10.2 Å². The lowest BCUT2D eigenvalue weighted by Crippen LogP contribution is -2.29. The summed E-state index contributed by atoms with van der Waals surface area (Å²) in [5, 5.41) is 29.7. The number of methoxy groups -OCH3 is 1. The molecule has 1 amide bonds. The molecule has 1 aliphatic rings. The van der Waals surface area contributed by atoms with Gasteiger partial charge in [0.15, 0.2) is 4.34 Å². The fourth-order valence-corrected chi connectivity index (χ4v) is 5.92. The van der Waals surface area contributed by atoms with E-state index in [4.69, 9.17) is 4.74 Å². The lowest BCUT2D eigenvalue weighted by molar-refractivity contribution is -0.132. The maximum absolute atomic E-state index is 13.3. The number of ketones is 1. The molecule has 1 atom stereocenters. The molecule has 3 aromatic carbocycles. The Labute approximate surface area is 227 Å². The summed E-state index contributed by atoms with van der Waals surface area (Å²) < 4.78 is 5.82. The van der Waals surface area contributed by atoms with Crippen molar-refractivity contribution in [3.05, 3.63) is 101 Å². The average molecular weight is 546 g/mol. The van der Waals surface area contributed by atoms with Gasteiger partial charge in [0.1, 0.15) is 17.3 Å². The van der Waals surface area contributed by atoms with Crippen molar-refractivity contribution in [2.75, 3.05) is 12.0 Å². The minimum atomic E-state index is -0.958. The van der Waals surface area contributed by atoms with Gasteiger partial charge in [-0.05, 0) is 54.4 Å². The largest absolute Gasteiger partial charge is 0.508 e. The number of hydrogen-bond donors (Lipinski definition) is 2. The summed E-state index contributed by atoms with van der Waals surface area (Å²) in [5.41, 5.74) is 3.12. The fourth-order valence-electron chi connectivity index (χ4n) is 4.09. The zero-order valence-electron chi connectivity index (χ0n) is 20.5. The number of nitrogens with zero attached hydrogens (tertiary/aromatic N) is 3. The molecule has 1 aromatic heterocycles. The smallest absolute Gasteiger partial charge is 0.301 e. The first-order valence-corrected chi connectivity index (χ1v) is 13.4. The topological polar surface area (TPSA) is 113 Å². The van der Waals surface area contributed by atoms with Gasteiger partial charge in [-0.3, -0.25) is 14.5 Å². The Balaban J connectivity index is 1.52. The first-order valence-electron chi connectivity index (χ1n) is 11.6. The van der Waals surface area contributed by atoms with Gasteiger partial charge in [0.05, 0.1) is 18.7 Å². The second-order valence-electron chi connectivity index (χ2n) is 8.61. The standard InChI is InChI=1S/C28H23N3O5S2/c1-16-3-5-17(6-4-16)15-37-28-30-29-27(38-28)31-23(18-7-11-20(32)12-8-18)22(25(34)26(31)35)24(33)19-9-13-21(36-2)14-10-19/h3-14,23,32-33H,15H2,1-2H3/b24-22-. The Hall–Kier alpha value is -4.15. The normalized spacial score (nSPS) is 16.7. The minimum Gasteiger partial charge on any atom is -0.508 e. The number of aryl methyl sites for hydroxylation is 1. The molecule has 1 fully saturated rings. The van der Waals surface area contributed by atoms with E-state index >= 15 is 0 Å². The molecule has 5 rings (SSSR count). The SMILES string of the molecule is COc1ccc(/C(O)=C2/C(=O)C(=O)N(c3nnc(SCc4ccc(C)cc4)s3)C2c2ccc(O)cc2)cc1. The van der Waals surface area contributed by atoms with Crippen molar-refractivity contribution >= 4 is 45.7 Å². The fraction of sp³-hybridized carbons (Fsp3) is 0.143. The predicted molar refractivity (Wildman–Crippen MR) is 147 cm³/mol. The number of aliphatic hydroxyl groups is 1. The summed E-state index contributed by atoms with van der Waals surface area (Å²) in [6.45, 7) is 2.03. The van der Waals surface area contributed by atoms with Crippen molar-refractivity contribution in [1.29, 1.82) is 0 Å². The maximum atomic E-state index is 13.3. The van der Waals surface area contributed by atoms with E-state index in [0.29, 0.717) is 27.0 Å². The highest BCUT2D eigenvalue weighted by molar-refractivity contribution is 8.00. The van der Waals surface area contributed by atoms with Gasteiger partial charge in [0, 0.05) is 11.3 Å². The van der Waals surface area contributed by atoms with Crippen molar-refractivity contribution < 1.29 is 24.5 Å². The zero-order valence-corrected chi connectivity index (χ0v) is 22.1. The monoisotopic (exact) mass is 545 g/mol. The van der Waals surface area contributed by atoms with Crippen LogP contribution < -0.4 is 9.64 Å². The Morgan fingerprint density at radius 1 is 1.00 bits per heavy atom. The Morgan fingerprint density at radius 3 is 2.34 bits per heavy atom. The summed E-state index contributed by atoms with van der Waals surface area (Å²) in [7, 11) is 1.53. The van der Waals surface area contributed by atoms with E-state index in [2.05, 4.69) is 10.2 Å². The molecule has 38 heavy (non-hydrogen) atoms. The molecule has 2 heterocycles. The number of ether oxygens (including phenoxy) is 1. The third-order valence-electron chi connectivity index (χ3n) is 6.10. The molecule has 0 bridgehead atoms. The lowest BCUT2D eigenvalue weighted by atomic mass is 9.95. The second-order valence-corrected chi connectivity index (χ2v) is 10.8. The number of phenols is 1. The maximum Gasteiger partial charge on any atom is 0.301 e. The molecule has 192 valence electrons. The number of hydrogen-bond acceptors (Lipinski definition) is 9. The molecular formula is C28H23N3O5S2. The third-order valence-corrected chi connectivity index (χ3v) is 8.23. The number of aromatic hydroxyl groups is 1. The number of Topliss-reactive ketones (excluding diaryl/α,β-unsaturated/α-hetero) is 1. The lowest BCUT2D eigenvalue weighted by Gasteiger charge is -2.22. The summed E-state index contributed by atoms with van der Waals surface area (Å²) in [4.78, 5) is 27.9. The molecule has 10 heteroatoms. The molecule has 1 unspecified atom stereocenters. The molecule has 0 spiro atoms. The van der Waals surface area contributed by atoms with Crippen LogP contribution in [-0.2, 0) is 15.3 Å². The zero-order chi connectivity index (χ0) is 26.8. The van der Waals surface area contributed by atoms with E-state index in [9.17, 15) is 19.8 Å². The molecular weight excluding hydrogens is 522 g/mol. The number of aromatic nitrogens is 2. The van der Waals surface area contributed by atoms with Gasteiger partial charge in [0.2, 0.25) is 5.13 Å². The van der Waals surface area contributed by atoms with Crippen molar-refractivity contribution in [2.45, 2.75) is 23.1 Å². The molecule has 1 aliphatic heterocycles. The summed E-state index contributed by atoms with van der Waals surface area (Å²) in [5.74, 6) is -0.671. The van der Waals surface area contributed by atoms with E-state index < -0.39 is 17.7 Å². The van der Waals surface area contributed by atoms with E-state index in [1.165, 1.54) is 52.8 Å². The number of aliphatic hydroxyl groups excluding tert-OH is 1. The summed E-state index contributed by atoms with van der Waals surface area (Å²) in [6.07, 6.45) is 0. The van der Waals surface area contributed by atoms with Crippen LogP contribution in [0.2, 0.25) is 0 Å². The van der Waals surface area contributed by atoms with Crippen LogP contribution in [0.1, 0.15) is 28.3 Å². The number of benzene rings is 3. The number of thioether (sulfide) groups is 1. The molecule has 0 radical (unpaired) electrons. The van der Waals surface area contributed by atoms with Crippen LogP contribution in [0.15, 0.2) is 82.7 Å². The van der Waals surface area contributed by atoms with E-state index in [-0.39, 0.29) is 22.2 Å². The molecule has 0 aliphatic carbocycles. The molecule has 8 nitrogen and oxygen atoms in total. The Kier molecular flexibility index (Phi) is 7.17. The average Bonchev–Trinajstić information content (AvgIpc) is 3.50. The summed E-state index contributed by atoms with van der Waals surface area (Å²) in [6, 6.07) is 19.9.